The highest BCUT2D eigenvalue weighted by Gasteiger charge is 2.20. The van der Waals surface area contributed by atoms with Crippen LogP contribution in [0.2, 0.25) is 0 Å². The number of nitrogens with zero attached hydrogens (tertiary/aromatic N) is 4. The molecule has 1 aliphatic rings. The molecule has 1 fully saturated rings. The molecule has 0 bridgehead atoms. The summed E-state index contributed by atoms with van der Waals surface area (Å²) in [5, 5.41) is 10.7. The molecule has 1 aromatic heterocycles. The first kappa shape index (κ1) is 14.7. The van der Waals surface area contributed by atoms with Gasteiger partial charge in [0.1, 0.15) is 5.01 Å². The van der Waals surface area contributed by atoms with Crippen LogP contribution in [-0.4, -0.2) is 48.3 Å². The Hall–Kier alpha value is -0.680. The van der Waals surface area contributed by atoms with Crippen molar-refractivity contribution in [2.45, 2.75) is 51.5 Å². The number of anilines is 1. The molecule has 0 aliphatic heterocycles. The summed E-state index contributed by atoms with van der Waals surface area (Å²) in [5.41, 5.74) is 0. The van der Waals surface area contributed by atoms with Crippen LogP contribution in [0.25, 0.3) is 0 Å². The summed E-state index contributed by atoms with van der Waals surface area (Å²) in [6, 6.07) is 0.800. The normalized spacial score (nSPS) is 16.7. The number of rotatable bonds is 6. The van der Waals surface area contributed by atoms with E-state index in [0.29, 0.717) is 5.92 Å². The third-order valence-corrected chi connectivity index (χ3v) is 5.32. The molecule has 0 spiro atoms. The molecule has 0 atom stereocenters. The second-order valence-corrected chi connectivity index (χ2v) is 6.91. The van der Waals surface area contributed by atoms with Gasteiger partial charge in [-0.1, -0.05) is 38.0 Å². The maximum Gasteiger partial charge on any atom is 0.208 e. The lowest BCUT2D eigenvalue weighted by atomic mass is 10.2. The molecule has 0 radical (unpaired) electrons. The van der Waals surface area contributed by atoms with Crippen LogP contribution in [0.4, 0.5) is 5.13 Å². The molecule has 2 rings (SSSR count). The fraction of sp³-hybridized carbons (Fsp3) is 0.857. The van der Waals surface area contributed by atoms with Crippen molar-refractivity contribution in [2.75, 3.05) is 32.1 Å². The Labute approximate surface area is 120 Å². The molecule has 108 valence electrons. The molecule has 1 saturated carbocycles. The van der Waals surface area contributed by atoms with E-state index in [1.807, 2.05) is 0 Å². The fourth-order valence-corrected chi connectivity index (χ4v) is 3.38. The third-order valence-electron chi connectivity index (χ3n) is 3.99. The first-order valence-electron chi connectivity index (χ1n) is 7.32. The van der Waals surface area contributed by atoms with Crippen molar-refractivity contribution in [3.8, 4) is 0 Å². The maximum absolute atomic E-state index is 4.29. The fourth-order valence-electron chi connectivity index (χ4n) is 2.54. The third kappa shape index (κ3) is 3.89. The predicted molar refractivity (Wildman–Crippen MR) is 82.2 cm³/mol. The second kappa shape index (κ2) is 6.66. The summed E-state index contributed by atoms with van der Waals surface area (Å²) < 4.78 is 0. The van der Waals surface area contributed by atoms with Gasteiger partial charge in [-0.2, -0.15) is 0 Å². The molecule has 19 heavy (non-hydrogen) atoms. The lowest BCUT2D eigenvalue weighted by Gasteiger charge is -2.26. The SMILES string of the molecule is CC(C)c1nnc(N(C)CCN(C)C2CCCC2)s1. The first-order valence-corrected chi connectivity index (χ1v) is 8.14. The van der Waals surface area contributed by atoms with Crippen LogP contribution < -0.4 is 4.90 Å². The molecule has 0 saturated heterocycles. The molecule has 0 amide bonds. The van der Waals surface area contributed by atoms with Gasteiger partial charge in [-0.15, -0.1) is 10.2 Å². The van der Waals surface area contributed by atoms with E-state index >= 15 is 0 Å². The number of likely N-dealkylation sites (N-methyl/N-ethyl adjacent to an activating group) is 2. The molecule has 5 heteroatoms. The van der Waals surface area contributed by atoms with E-state index in [9.17, 15) is 0 Å². The molecule has 1 heterocycles. The topological polar surface area (TPSA) is 32.3 Å². The zero-order valence-electron chi connectivity index (χ0n) is 12.6. The highest BCUT2D eigenvalue weighted by molar-refractivity contribution is 7.15. The molecule has 0 unspecified atom stereocenters. The zero-order chi connectivity index (χ0) is 13.8. The maximum atomic E-state index is 4.29. The number of hydrogen-bond acceptors (Lipinski definition) is 5. The molecule has 4 nitrogen and oxygen atoms in total. The Kier molecular flexibility index (Phi) is 5.16. The van der Waals surface area contributed by atoms with Crippen molar-refractivity contribution in [3.05, 3.63) is 5.01 Å². The van der Waals surface area contributed by atoms with Crippen molar-refractivity contribution in [2.24, 2.45) is 0 Å². The van der Waals surface area contributed by atoms with Gasteiger partial charge in [-0.05, 0) is 19.9 Å². The van der Waals surface area contributed by atoms with Crippen molar-refractivity contribution >= 4 is 16.5 Å². The molecule has 1 aliphatic carbocycles. The zero-order valence-corrected chi connectivity index (χ0v) is 13.4. The van der Waals surface area contributed by atoms with Gasteiger partial charge in [0.15, 0.2) is 0 Å². The van der Waals surface area contributed by atoms with Gasteiger partial charge in [0, 0.05) is 32.1 Å². The van der Waals surface area contributed by atoms with E-state index < -0.39 is 0 Å². The molecule has 0 N–H and O–H groups in total. The van der Waals surface area contributed by atoms with Crippen molar-refractivity contribution in [3.63, 3.8) is 0 Å². The van der Waals surface area contributed by atoms with Crippen molar-refractivity contribution in [1.82, 2.24) is 15.1 Å². The van der Waals surface area contributed by atoms with Crippen molar-refractivity contribution < 1.29 is 0 Å². The molecule has 1 aromatic rings. The molecule has 0 aromatic carbocycles. The summed E-state index contributed by atoms with van der Waals surface area (Å²) >= 11 is 1.72. The standard InChI is InChI=1S/C14H26N4S/c1-11(2)13-15-16-14(19-13)18(4)10-9-17(3)12-7-5-6-8-12/h11-12H,5-10H2,1-4H3. The Morgan fingerprint density at radius 1 is 1.16 bits per heavy atom. The van der Waals surface area contributed by atoms with E-state index in [2.05, 4.69) is 47.9 Å². The summed E-state index contributed by atoms with van der Waals surface area (Å²) in [6.07, 6.45) is 5.55. The molecular weight excluding hydrogens is 256 g/mol. The van der Waals surface area contributed by atoms with Gasteiger partial charge in [-0.25, -0.2) is 0 Å². The largest absolute Gasteiger partial charge is 0.348 e. The van der Waals surface area contributed by atoms with Crippen LogP contribution in [-0.2, 0) is 0 Å². The minimum absolute atomic E-state index is 0.473. The van der Waals surface area contributed by atoms with E-state index in [-0.39, 0.29) is 0 Å². The smallest absolute Gasteiger partial charge is 0.208 e. The average molecular weight is 282 g/mol. The Morgan fingerprint density at radius 2 is 1.84 bits per heavy atom. The van der Waals surface area contributed by atoms with Gasteiger partial charge >= 0.3 is 0 Å². The number of aromatic nitrogens is 2. The van der Waals surface area contributed by atoms with Gasteiger partial charge < -0.3 is 9.80 Å². The lowest BCUT2D eigenvalue weighted by molar-refractivity contribution is 0.251. The van der Waals surface area contributed by atoms with Crippen LogP contribution in [0.15, 0.2) is 0 Å². The quantitative estimate of drug-likeness (QED) is 0.803. The predicted octanol–water partition coefficient (Wildman–Crippen LogP) is 2.97. The van der Waals surface area contributed by atoms with Gasteiger partial charge in [-0.3, -0.25) is 0 Å². The molecular formula is C14H26N4S. The minimum Gasteiger partial charge on any atom is -0.348 e. The van der Waals surface area contributed by atoms with Crippen molar-refractivity contribution in [1.29, 1.82) is 0 Å². The Balaban J connectivity index is 1.81. The Bertz CT molecular complexity index is 385. The summed E-state index contributed by atoms with van der Waals surface area (Å²) in [4.78, 5) is 4.74. The second-order valence-electron chi connectivity index (χ2n) is 5.92. The van der Waals surface area contributed by atoms with E-state index in [1.54, 1.807) is 11.3 Å². The lowest BCUT2D eigenvalue weighted by Crippen LogP contribution is -2.36. The first-order chi connectivity index (χ1) is 9.08. The number of hydrogen-bond donors (Lipinski definition) is 0. The van der Waals surface area contributed by atoms with E-state index in [4.69, 9.17) is 0 Å². The van der Waals surface area contributed by atoms with Crippen LogP contribution in [0.5, 0.6) is 0 Å². The Morgan fingerprint density at radius 3 is 2.42 bits per heavy atom. The van der Waals surface area contributed by atoms with E-state index in [0.717, 1.165) is 29.3 Å². The van der Waals surface area contributed by atoms with Gasteiger partial charge in [0.25, 0.3) is 0 Å². The highest BCUT2D eigenvalue weighted by atomic mass is 32.1. The average Bonchev–Trinajstić information content (AvgIpc) is 3.05. The van der Waals surface area contributed by atoms with E-state index in [1.165, 1.54) is 25.7 Å². The monoisotopic (exact) mass is 282 g/mol. The van der Waals surface area contributed by atoms with Gasteiger partial charge in [0.05, 0.1) is 0 Å². The highest BCUT2D eigenvalue weighted by Crippen LogP contribution is 2.25. The van der Waals surface area contributed by atoms with Crippen LogP contribution in [0, 0.1) is 0 Å². The summed E-state index contributed by atoms with van der Waals surface area (Å²) in [5.74, 6) is 0.473. The summed E-state index contributed by atoms with van der Waals surface area (Å²) in [7, 11) is 4.37. The summed E-state index contributed by atoms with van der Waals surface area (Å²) in [6.45, 7) is 6.47. The van der Waals surface area contributed by atoms with Crippen LogP contribution >= 0.6 is 11.3 Å². The van der Waals surface area contributed by atoms with Gasteiger partial charge in [0.2, 0.25) is 5.13 Å². The van der Waals surface area contributed by atoms with Crippen LogP contribution in [0.3, 0.4) is 0 Å². The minimum atomic E-state index is 0.473. The van der Waals surface area contributed by atoms with Crippen LogP contribution in [0.1, 0.15) is 50.5 Å².